The highest BCUT2D eigenvalue weighted by Gasteiger charge is 2.10. The summed E-state index contributed by atoms with van der Waals surface area (Å²) in [5, 5.41) is 4.32. The molecule has 0 unspecified atom stereocenters. The van der Waals surface area contributed by atoms with E-state index in [1.165, 1.54) is 24.6 Å². The predicted molar refractivity (Wildman–Crippen MR) is 68.2 cm³/mol. The van der Waals surface area contributed by atoms with Crippen LogP contribution in [-0.4, -0.2) is 18.1 Å². The Bertz CT molecular complexity index is 542. The van der Waals surface area contributed by atoms with Crippen LogP contribution in [0.4, 0.5) is 10.8 Å². The van der Waals surface area contributed by atoms with Gasteiger partial charge in [-0.05, 0) is 18.2 Å². The summed E-state index contributed by atoms with van der Waals surface area (Å²) < 4.78 is 4.60. The molecule has 0 aliphatic heterocycles. The number of carbonyl (C=O) groups is 1. The third kappa shape index (κ3) is 2.95. The molecule has 1 aromatic heterocycles. The molecule has 4 nitrogen and oxygen atoms in total. The molecule has 0 radical (unpaired) electrons. The molecule has 2 rings (SSSR count). The molecule has 0 amide bonds. The molecule has 0 fully saturated rings. The van der Waals surface area contributed by atoms with Gasteiger partial charge in [0.15, 0.2) is 5.13 Å². The average Bonchev–Trinajstić information content (AvgIpc) is 2.76. The maximum absolute atomic E-state index is 11.2. The third-order valence-corrected chi connectivity index (χ3v) is 3.10. The van der Waals surface area contributed by atoms with Gasteiger partial charge in [-0.1, -0.05) is 29.0 Å². The van der Waals surface area contributed by atoms with Crippen LogP contribution in [-0.2, 0) is 4.74 Å². The molecule has 2 aromatic rings. The third-order valence-electron chi connectivity index (χ3n) is 1.97. The number of halogens is 1. The lowest BCUT2D eigenvalue weighted by Crippen LogP contribution is -1.96. The van der Waals surface area contributed by atoms with Crippen LogP contribution in [0.1, 0.15) is 9.67 Å². The van der Waals surface area contributed by atoms with Crippen molar-refractivity contribution in [2.75, 3.05) is 12.4 Å². The van der Waals surface area contributed by atoms with Gasteiger partial charge in [0.1, 0.15) is 4.88 Å². The number of methoxy groups -OCH3 is 1. The number of benzene rings is 1. The Balaban J connectivity index is 2.14. The van der Waals surface area contributed by atoms with Gasteiger partial charge >= 0.3 is 5.97 Å². The number of esters is 1. The van der Waals surface area contributed by atoms with E-state index in [-0.39, 0.29) is 5.97 Å². The van der Waals surface area contributed by atoms with E-state index < -0.39 is 0 Å². The van der Waals surface area contributed by atoms with Gasteiger partial charge in [-0.2, -0.15) is 0 Å². The second-order valence-corrected chi connectivity index (χ2v) is 4.62. The van der Waals surface area contributed by atoms with E-state index in [2.05, 4.69) is 15.0 Å². The van der Waals surface area contributed by atoms with E-state index in [1.54, 1.807) is 12.1 Å². The lowest BCUT2D eigenvalue weighted by Gasteiger charge is -2.01. The van der Waals surface area contributed by atoms with Gasteiger partial charge in [0.05, 0.1) is 13.3 Å². The van der Waals surface area contributed by atoms with Crippen LogP contribution in [0, 0.1) is 0 Å². The van der Waals surface area contributed by atoms with E-state index in [1.807, 2.05) is 12.1 Å². The molecular weight excluding hydrogens is 260 g/mol. The fraction of sp³-hybridized carbons (Fsp3) is 0.0909. The number of ether oxygens (including phenoxy) is 1. The topological polar surface area (TPSA) is 51.2 Å². The first-order chi connectivity index (χ1) is 8.19. The van der Waals surface area contributed by atoms with Gasteiger partial charge in [-0.25, -0.2) is 9.78 Å². The van der Waals surface area contributed by atoms with Crippen LogP contribution >= 0.6 is 22.9 Å². The van der Waals surface area contributed by atoms with E-state index >= 15 is 0 Å². The minimum atomic E-state index is -0.387. The van der Waals surface area contributed by atoms with Crippen molar-refractivity contribution in [2.24, 2.45) is 0 Å². The summed E-state index contributed by atoms with van der Waals surface area (Å²) in [5.74, 6) is -0.387. The largest absolute Gasteiger partial charge is 0.465 e. The first-order valence-corrected chi connectivity index (χ1v) is 5.95. The maximum Gasteiger partial charge on any atom is 0.349 e. The molecule has 0 bridgehead atoms. The SMILES string of the molecule is COC(=O)c1cnc(Nc2cccc(Cl)c2)s1. The molecule has 88 valence electrons. The quantitative estimate of drug-likeness (QED) is 0.868. The first kappa shape index (κ1) is 11.9. The number of nitrogens with one attached hydrogen (secondary N) is 1. The van der Waals surface area contributed by atoms with Crippen molar-refractivity contribution in [2.45, 2.75) is 0 Å². The number of thiazole rings is 1. The summed E-state index contributed by atoms with van der Waals surface area (Å²) in [5.41, 5.74) is 0.822. The van der Waals surface area contributed by atoms with Gasteiger partial charge in [-0.3, -0.25) is 0 Å². The second kappa shape index (κ2) is 5.16. The number of carbonyl (C=O) groups excluding carboxylic acids is 1. The summed E-state index contributed by atoms with van der Waals surface area (Å²) in [6.45, 7) is 0. The van der Waals surface area contributed by atoms with Crippen molar-refractivity contribution >= 4 is 39.7 Å². The molecule has 0 atom stereocenters. The number of hydrogen-bond donors (Lipinski definition) is 1. The van der Waals surface area contributed by atoms with Gasteiger partial charge in [0.25, 0.3) is 0 Å². The van der Waals surface area contributed by atoms with E-state index in [4.69, 9.17) is 11.6 Å². The Morgan fingerprint density at radius 3 is 3.06 bits per heavy atom. The predicted octanol–water partition coefficient (Wildman–Crippen LogP) is 3.33. The van der Waals surface area contributed by atoms with Crippen molar-refractivity contribution < 1.29 is 9.53 Å². The molecule has 6 heteroatoms. The van der Waals surface area contributed by atoms with Crippen LogP contribution in [0.2, 0.25) is 5.02 Å². The van der Waals surface area contributed by atoms with Crippen LogP contribution in [0.25, 0.3) is 0 Å². The lowest BCUT2D eigenvalue weighted by atomic mass is 10.3. The maximum atomic E-state index is 11.2. The summed E-state index contributed by atoms with van der Waals surface area (Å²) in [6, 6.07) is 7.26. The standard InChI is InChI=1S/C11H9ClN2O2S/c1-16-10(15)9-6-13-11(17-9)14-8-4-2-3-7(12)5-8/h2-6H,1H3,(H,13,14). The van der Waals surface area contributed by atoms with Crippen LogP contribution < -0.4 is 5.32 Å². The first-order valence-electron chi connectivity index (χ1n) is 4.76. The molecular formula is C11H9ClN2O2S. The fourth-order valence-electron chi connectivity index (χ4n) is 1.22. The van der Waals surface area contributed by atoms with E-state index in [0.717, 1.165) is 5.69 Å². The average molecular weight is 269 g/mol. The van der Waals surface area contributed by atoms with Crippen molar-refractivity contribution in [1.82, 2.24) is 4.98 Å². The van der Waals surface area contributed by atoms with Crippen LogP contribution in [0.15, 0.2) is 30.5 Å². The zero-order valence-electron chi connectivity index (χ0n) is 8.94. The number of aromatic nitrogens is 1. The highest BCUT2D eigenvalue weighted by molar-refractivity contribution is 7.17. The van der Waals surface area contributed by atoms with Crippen molar-refractivity contribution in [3.05, 3.63) is 40.4 Å². The Labute approximate surface area is 107 Å². The van der Waals surface area contributed by atoms with Crippen molar-refractivity contribution in [1.29, 1.82) is 0 Å². The van der Waals surface area contributed by atoms with Gasteiger partial charge in [-0.15, -0.1) is 0 Å². The minimum Gasteiger partial charge on any atom is -0.465 e. The summed E-state index contributed by atoms with van der Waals surface area (Å²) in [7, 11) is 1.34. The Hall–Kier alpha value is -1.59. The zero-order chi connectivity index (χ0) is 12.3. The fourth-order valence-corrected chi connectivity index (χ4v) is 2.16. The number of rotatable bonds is 3. The van der Waals surface area contributed by atoms with Crippen LogP contribution in [0.3, 0.4) is 0 Å². The summed E-state index contributed by atoms with van der Waals surface area (Å²) in [4.78, 5) is 15.8. The summed E-state index contributed by atoms with van der Waals surface area (Å²) in [6.07, 6.45) is 1.48. The number of nitrogens with zero attached hydrogens (tertiary/aromatic N) is 1. The molecule has 0 aliphatic rings. The number of anilines is 2. The Morgan fingerprint density at radius 1 is 1.53 bits per heavy atom. The molecule has 0 aliphatic carbocycles. The van der Waals surface area contributed by atoms with Crippen molar-refractivity contribution in [3.63, 3.8) is 0 Å². The minimum absolute atomic E-state index is 0.387. The Kier molecular flexibility index (Phi) is 3.61. The van der Waals surface area contributed by atoms with E-state index in [0.29, 0.717) is 15.0 Å². The van der Waals surface area contributed by atoms with Gasteiger partial charge in [0.2, 0.25) is 0 Å². The molecule has 1 aromatic carbocycles. The second-order valence-electron chi connectivity index (χ2n) is 3.16. The molecule has 0 spiro atoms. The van der Waals surface area contributed by atoms with Gasteiger partial charge in [0, 0.05) is 10.7 Å². The van der Waals surface area contributed by atoms with E-state index in [9.17, 15) is 4.79 Å². The molecule has 0 saturated carbocycles. The lowest BCUT2D eigenvalue weighted by molar-refractivity contribution is 0.0606. The molecule has 0 saturated heterocycles. The molecule has 1 heterocycles. The number of hydrogen-bond acceptors (Lipinski definition) is 5. The molecule has 1 N–H and O–H groups in total. The normalized spacial score (nSPS) is 10.0. The monoisotopic (exact) mass is 268 g/mol. The van der Waals surface area contributed by atoms with Crippen LogP contribution in [0.5, 0.6) is 0 Å². The molecule has 17 heavy (non-hydrogen) atoms. The highest BCUT2D eigenvalue weighted by Crippen LogP contribution is 2.24. The highest BCUT2D eigenvalue weighted by atomic mass is 35.5. The summed E-state index contributed by atoms with van der Waals surface area (Å²) >= 11 is 7.08. The smallest absolute Gasteiger partial charge is 0.349 e. The zero-order valence-corrected chi connectivity index (χ0v) is 10.5. The Morgan fingerprint density at radius 2 is 2.35 bits per heavy atom. The van der Waals surface area contributed by atoms with Crippen molar-refractivity contribution in [3.8, 4) is 0 Å². The van der Waals surface area contributed by atoms with Gasteiger partial charge < -0.3 is 10.1 Å².